The van der Waals surface area contributed by atoms with E-state index in [0.717, 1.165) is 0 Å². The van der Waals surface area contributed by atoms with E-state index in [1.807, 2.05) is 60.8 Å². The molecule has 2 aliphatic rings. The highest BCUT2D eigenvalue weighted by atomic mass is 16.7. The number of carbonyl (C=O) groups excluding carboxylic acids is 4. The van der Waals surface area contributed by atoms with Crippen LogP contribution in [0.1, 0.15) is 59.8 Å². The number of hydrogen-bond acceptors (Lipinski definition) is 8. The molecule has 0 N–H and O–H groups in total. The molecule has 8 nitrogen and oxygen atoms in total. The fourth-order valence-electron chi connectivity index (χ4n) is 3.67. The van der Waals surface area contributed by atoms with Gasteiger partial charge >= 0.3 is 0 Å². The van der Waals surface area contributed by atoms with Crippen molar-refractivity contribution in [2.45, 2.75) is 66.2 Å². The zero-order valence-corrected chi connectivity index (χ0v) is 21.5. The van der Waals surface area contributed by atoms with Gasteiger partial charge in [0.1, 0.15) is 11.6 Å². The average Bonchev–Trinajstić information content (AvgIpc) is 2.57. The third-order valence-electron chi connectivity index (χ3n) is 4.84. The molecule has 184 valence electrons. The Morgan fingerprint density at radius 3 is 1.38 bits per heavy atom. The van der Waals surface area contributed by atoms with Gasteiger partial charge in [0.2, 0.25) is 6.41 Å². The average molecular weight is 455 g/mol. The molecular weight excluding hydrogens is 412 g/mol. The molecule has 2 aliphatic carbocycles. The van der Waals surface area contributed by atoms with Crippen LogP contribution in [0.2, 0.25) is 0 Å². The molecule has 2 saturated carbocycles. The lowest BCUT2D eigenvalue weighted by Gasteiger charge is -2.28. The molecule has 0 aromatic heterocycles. The minimum absolute atomic E-state index is 0.0278. The number of ether oxygens (including phenoxy) is 2. The third-order valence-corrected chi connectivity index (χ3v) is 4.84. The van der Waals surface area contributed by atoms with E-state index >= 15 is 0 Å². The smallest absolute Gasteiger partial charge is 0.217 e. The van der Waals surface area contributed by atoms with Gasteiger partial charge in [-0.15, -0.1) is 0 Å². The summed E-state index contributed by atoms with van der Waals surface area (Å²) in [5, 5.41) is 0. The maximum Gasteiger partial charge on any atom is 0.217 e. The van der Waals surface area contributed by atoms with Gasteiger partial charge in [-0.2, -0.15) is 0 Å². The van der Waals surface area contributed by atoms with Crippen molar-refractivity contribution < 1.29 is 28.7 Å². The highest BCUT2D eigenvalue weighted by Gasteiger charge is 2.35. The van der Waals surface area contributed by atoms with E-state index in [-0.39, 0.29) is 46.8 Å². The summed E-state index contributed by atoms with van der Waals surface area (Å²) in [6, 6.07) is 0. The second kappa shape index (κ2) is 13.0. The van der Waals surface area contributed by atoms with Crippen molar-refractivity contribution >= 4 is 23.1 Å². The molecule has 0 radical (unpaired) electrons. The largest absolute Gasteiger partial charge is 0.383 e. The second-order valence-corrected chi connectivity index (χ2v) is 10.4. The van der Waals surface area contributed by atoms with Crippen molar-refractivity contribution in [3.05, 3.63) is 11.8 Å². The van der Waals surface area contributed by atoms with Crippen LogP contribution in [0, 0.1) is 10.8 Å². The predicted molar refractivity (Wildman–Crippen MR) is 124 cm³/mol. The van der Waals surface area contributed by atoms with Gasteiger partial charge in [-0.1, -0.05) is 27.7 Å². The summed E-state index contributed by atoms with van der Waals surface area (Å²) in [4.78, 5) is 48.6. The number of methoxy groups -OCH3 is 2. The lowest BCUT2D eigenvalue weighted by atomic mass is 9.74. The molecule has 0 aromatic carbocycles. The Morgan fingerprint density at radius 1 is 0.750 bits per heavy atom. The highest BCUT2D eigenvalue weighted by molar-refractivity contribution is 6.22. The van der Waals surface area contributed by atoms with Crippen LogP contribution in [0.4, 0.5) is 0 Å². The van der Waals surface area contributed by atoms with Crippen LogP contribution in [0.25, 0.3) is 0 Å². The number of nitrogens with zero attached hydrogens (tertiary/aromatic N) is 2. The van der Waals surface area contributed by atoms with Gasteiger partial charge in [0.05, 0.1) is 12.0 Å². The molecule has 0 saturated heterocycles. The first-order valence-corrected chi connectivity index (χ1v) is 10.7. The summed E-state index contributed by atoms with van der Waals surface area (Å²) < 4.78 is 9.73. The van der Waals surface area contributed by atoms with Crippen molar-refractivity contribution in [2.24, 2.45) is 10.8 Å². The standard InChI is InChI=1S/C11H17NO2.C8H12O2.C5H13NO2/c1-11(2)5-9(13)8(7-12(3)4)10(14)6-11;1-8(2)4-6(9)3-7(10)5-8;1-6(2)5(7-3)8-4/h7H,5-6H2,1-4H3;3-5H2,1-2H3;5H,1-4H3. The van der Waals surface area contributed by atoms with E-state index in [0.29, 0.717) is 31.3 Å². The Morgan fingerprint density at radius 2 is 1.12 bits per heavy atom. The summed E-state index contributed by atoms with van der Waals surface area (Å²) in [6.07, 6.45) is 3.66. The molecule has 0 spiro atoms. The fraction of sp³-hybridized carbons (Fsp3) is 0.750. The molecule has 2 fully saturated rings. The number of ketones is 4. The van der Waals surface area contributed by atoms with Gasteiger partial charge < -0.3 is 14.4 Å². The maximum absolute atomic E-state index is 11.6. The zero-order valence-electron chi connectivity index (χ0n) is 21.5. The van der Waals surface area contributed by atoms with Gasteiger partial charge in [-0.3, -0.25) is 24.1 Å². The molecule has 0 heterocycles. The van der Waals surface area contributed by atoms with Crippen LogP contribution in [0.5, 0.6) is 0 Å². The van der Waals surface area contributed by atoms with Crippen LogP contribution >= 0.6 is 0 Å². The molecule has 8 heteroatoms. The topological polar surface area (TPSA) is 93.2 Å². The first kappa shape index (κ1) is 30.1. The normalized spacial score (nSPS) is 19.8. The summed E-state index contributed by atoms with van der Waals surface area (Å²) in [7, 11) is 10.6. The highest BCUT2D eigenvalue weighted by Crippen LogP contribution is 2.33. The van der Waals surface area contributed by atoms with Crippen molar-refractivity contribution in [2.75, 3.05) is 42.4 Å². The summed E-state index contributed by atoms with van der Waals surface area (Å²) >= 11 is 0. The Kier molecular flexibility index (Phi) is 12.2. The van der Waals surface area contributed by atoms with E-state index in [1.54, 1.807) is 25.3 Å². The third kappa shape index (κ3) is 11.6. The zero-order chi connectivity index (χ0) is 25.3. The minimum Gasteiger partial charge on any atom is -0.383 e. The Balaban J connectivity index is 0.000000472. The molecule has 0 unspecified atom stereocenters. The molecular formula is C24H42N2O6. The van der Waals surface area contributed by atoms with Gasteiger partial charge in [0, 0.05) is 60.2 Å². The van der Waals surface area contributed by atoms with Crippen LogP contribution in [0.15, 0.2) is 11.8 Å². The van der Waals surface area contributed by atoms with Gasteiger partial charge in [0.15, 0.2) is 11.6 Å². The summed E-state index contributed by atoms with van der Waals surface area (Å²) in [6.45, 7) is 7.83. The fourth-order valence-corrected chi connectivity index (χ4v) is 3.67. The van der Waals surface area contributed by atoms with Crippen LogP contribution < -0.4 is 0 Å². The van der Waals surface area contributed by atoms with E-state index in [4.69, 9.17) is 9.47 Å². The number of Topliss-reactive ketones (excluding diaryl/α,β-unsaturated/α-hetero) is 4. The second-order valence-electron chi connectivity index (χ2n) is 10.4. The van der Waals surface area contributed by atoms with Crippen molar-refractivity contribution in [3.63, 3.8) is 0 Å². The van der Waals surface area contributed by atoms with E-state index in [9.17, 15) is 19.2 Å². The van der Waals surface area contributed by atoms with Crippen molar-refractivity contribution in [1.29, 1.82) is 0 Å². The lowest BCUT2D eigenvalue weighted by Crippen LogP contribution is -2.32. The number of carbonyl (C=O) groups is 4. The molecule has 2 rings (SSSR count). The first-order chi connectivity index (χ1) is 14.5. The van der Waals surface area contributed by atoms with E-state index < -0.39 is 0 Å². The maximum atomic E-state index is 11.6. The molecule has 0 aromatic rings. The quantitative estimate of drug-likeness (QED) is 0.277. The molecule has 32 heavy (non-hydrogen) atoms. The van der Waals surface area contributed by atoms with Crippen LogP contribution in [-0.4, -0.2) is 81.8 Å². The van der Waals surface area contributed by atoms with Crippen LogP contribution in [0.3, 0.4) is 0 Å². The molecule has 0 atom stereocenters. The number of allylic oxidation sites excluding steroid dienone is 1. The van der Waals surface area contributed by atoms with E-state index in [2.05, 4.69) is 0 Å². The lowest BCUT2D eigenvalue weighted by molar-refractivity contribution is -0.179. The van der Waals surface area contributed by atoms with Gasteiger partial charge in [-0.05, 0) is 24.9 Å². The first-order valence-electron chi connectivity index (χ1n) is 10.7. The van der Waals surface area contributed by atoms with E-state index in [1.165, 1.54) is 0 Å². The number of rotatable bonds is 4. The summed E-state index contributed by atoms with van der Waals surface area (Å²) in [5.74, 6) is 0.141. The summed E-state index contributed by atoms with van der Waals surface area (Å²) in [5.41, 5.74) is 0.110. The Labute approximate surface area is 193 Å². The monoisotopic (exact) mass is 454 g/mol. The molecule has 0 bridgehead atoms. The Bertz CT molecular complexity index is 663. The SMILES string of the molecule is CC1(C)CC(=O)CC(=O)C1.CN(C)C=C1C(=O)CC(C)(C)CC1=O.COC(OC)N(C)C. The van der Waals surface area contributed by atoms with Gasteiger partial charge in [-0.25, -0.2) is 0 Å². The van der Waals surface area contributed by atoms with Crippen LogP contribution in [-0.2, 0) is 28.7 Å². The number of hydrogen-bond donors (Lipinski definition) is 0. The minimum atomic E-state index is -0.213. The van der Waals surface area contributed by atoms with Crippen molar-refractivity contribution in [3.8, 4) is 0 Å². The molecule has 0 aliphatic heterocycles. The van der Waals surface area contributed by atoms with Crippen molar-refractivity contribution in [1.82, 2.24) is 9.80 Å². The molecule has 0 amide bonds. The predicted octanol–water partition coefficient (Wildman–Crippen LogP) is 2.85. The van der Waals surface area contributed by atoms with Gasteiger partial charge in [0.25, 0.3) is 0 Å². The Hall–Kier alpha value is -1.90.